The van der Waals surface area contributed by atoms with Crippen LogP contribution < -0.4 is 0 Å². The number of halogens is 2. The highest BCUT2D eigenvalue weighted by atomic mass is 35.5. The number of carbonyl (C=O) groups excluding carboxylic acids is 1. The Bertz CT molecular complexity index is 1100. The van der Waals surface area contributed by atoms with Crippen molar-refractivity contribution in [3.63, 3.8) is 0 Å². The molecule has 0 unspecified atom stereocenters. The topological polar surface area (TPSA) is 84.6 Å². The summed E-state index contributed by atoms with van der Waals surface area (Å²) in [5, 5.41) is 20.3. The Morgan fingerprint density at radius 3 is 2.73 bits per heavy atom. The van der Waals surface area contributed by atoms with Gasteiger partial charge in [-0.05, 0) is 48.9 Å². The van der Waals surface area contributed by atoms with E-state index >= 15 is 0 Å². The average Bonchev–Trinajstić information content (AvgIpc) is 3.01. The molecule has 0 aliphatic carbocycles. The fourth-order valence-electron chi connectivity index (χ4n) is 4.14. The van der Waals surface area contributed by atoms with E-state index in [-0.39, 0.29) is 24.5 Å². The third-order valence-electron chi connectivity index (χ3n) is 5.71. The molecule has 6 nitrogen and oxygen atoms in total. The van der Waals surface area contributed by atoms with Crippen molar-refractivity contribution < 1.29 is 19.7 Å². The summed E-state index contributed by atoms with van der Waals surface area (Å²) in [6, 6.07) is 9.35. The van der Waals surface area contributed by atoms with Crippen LogP contribution in [0.25, 0.3) is 10.9 Å². The molecule has 2 aromatic heterocycles. The van der Waals surface area contributed by atoms with Gasteiger partial charge in [-0.15, -0.1) is 0 Å². The number of fused-ring (bicyclic) bond motifs is 1. The number of ether oxygens (including phenoxy) is 1. The smallest absolute Gasteiger partial charge is 0.165 e. The second kappa shape index (κ2) is 12.0. The molecule has 3 rings (SSSR count). The summed E-state index contributed by atoms with van der Waals surface area (Å²) >= 11 is 12.1. The van der Waals surface area contributed by atoms with Gasteiger partial charge in [0.25, 0.3) is 0 Å². The van der Waals surface area contributed by atoms with Crippen LogP contribution in [0.3, 0.4) is 0 Å². The first-order valence-electron chi connectivity index (χ1n) is 11.1. The van der Waals surface area contributed by atoms with Gasteiger partial charge in [-0.1, -0.05) is 42.3 Å². The molecule has 2 heterocycles. The molecule has 8 heteroatoms. The molecule has 0 saturated heterocycles. The summed E-state index contributed by atoms with van der Waals surface area (Å²) in [4.78, 5) is 17.4. The number of ketones is 1. The average molecular weight is 493 g/mol. The van der Waals surface area contributed by atoms with Gasteiger partial charge in [0.2, 0.25) is 0 Å². The van der Waals surface area contributed by atoms with Crippen molar-refractivity contribution in [2.45, 2.75) is 51.9 Å². The molecule has 0 fully saturated rings. The Morgan fingerprint density at radius 2 is 2.00 bits per heavy atom. The molecule has 0 amide bonds. The summed E-state index contributed by atoms with van der Waals surface area (Å²) in [6.45, 7) is 2.96. The lowest BCUT2D eigenvalue weighted by Crippen LogP contribution is -2.15. The number of nitrogens with zero attached hydrogens (tertiary/aromatic N) is 2. The van der Waals surface area contributed by atoms with E-state index in [1.807, 2.05) is 42.8 Å². The number of Topliss-reactive ketones (excluding diaryl/α,β-unsaturated/α-hetero) is 1. The van der Waals surface area contributed by atoms with E-state index in [2.05, 4.69) is 4.98 Å². The van der Waals surface area contributed by atoms with E-state index in [9.17, 15) is 15.0 Å². The highest BCUT2D eigenvalue weighted by molar-refractivity contribution is 6.30. The maximum absolute atomic E-state index is 13.2. The van der Waals surface area contributed by atoms with Crippen LogP contribution in [0.4, 0.5) is 0 Å². The van der Waals surface area contributed by atoms with Gasteiger partial charge < -0.3 is 19.5 Å². The molecule has 0 bridgehead atoms. The van der Waals surface area contributed by atoms with Crippen LogP contribution in [0.1, 0.15) is 54.2 Å². The van der Waals surface area contributed by atoms with Crippen LogP contribution in [-0.2, 0) is 24.8 Å². The summed E-state index contributed by atoms with van der Waals surface area (Å²) < 4.78 is 7.78. The number of unbranched alkanes of at least 4 members (excludes halogenated alkanes) is 1. The minimum Gasteiger partial charge on any atom is -0.377 e. The molecule has 178 valence electrons. The fraction of sp³-hybridized carbons (Fsp3) is 0.440. The monoisotopic (exact) mass is 492 g/mol. The number of benzene rings is 1. The lowest BCUT2D eigenvalue weighted by Gasteiger charge is -2.13. The third-order valence-corrected chi connectivity index (χ3v) is 6.15. The standard InChI is InChI=1S/C25H30Cl2N2O4/c1-16(11-24(31)32)10-22(30)25-19-13-23(27)28-14-21(19)29(2)20(25)8-3-4-9-33-15-17-6-5-7-18(26)12-17/h5-7,12-14,16,24,31-32H,3-4,8-11,15H2,1-2H3/t16-/m0/s1. The maximum atomic E-state index is 13.2. The Morgan fingerprint density at radius 1 is 1.21 bits per heavy atom. The number of aliphatic hydroxyl groups is 2. The van der Waals surface area contributed by atoms with Crippen molar-refractivity contribution in [1.29, 1.82) is 0 Å². The van der Waals surface area contributed by atoms with Crippen molar-refractivity contribution in [1.82, 2.24) is 9.55 Å². The van der Waals surface area contributed by atoms with Gasteiger partial charge in [0, 0.05) is 48.2 Å². The minimum atomic E-state index is -1.43. The Balaban J connectivity index is 1.67. The van der Waals surface area contributed by atoms with E-state index in [0.717, 1.165) is 35.0 Å². The van der Waals surface area contributed by atoms with E-state index < -0.39 is 6.29 Å². The number of carbonyl (C=O) groups is 1. The quantitative estimate of drug-likeness (QED) is 0.154. The molecule has 0 radical (unpaired) electrons. The first-order chi connectivity index (χ1) is 15.8. The summed E-state index contributed by atoms with van der Waals surface area (Å²) in [6.07, 6.45) is 3.05. The Labute approximate surface area is 204 Å². The van der Waals surface area contributed by atoms with Crippen LogP contribution >= 0.6 is 23.2 Å². The molecule has 0 saturated carbocycles. The largest absolute Gasteiger partial charge is 0.377 e. The summed E-state index contributed by atoms with van der Waals surface area (Å²) in [5.41, 5.74) is 3.47. The van der Waals surface area contributed by atoms with Crippen molar-refractivity contribution >= 4 is 39.9 Å². The number of rotatable bonds is 12. The highest BCUT2D eigenvalue weighted by Crippen LogP contribution is 2.30. The molecular formula is C25H30Cl2N2O4. The normalized spacial score (nSPS) is 12.6. The van der Waals surface area contributed by atoms with Crippen LogP contribution in [0, 0.1) is 5.92 Å². The zero-order valence-corrected chi connectivity index (χ0v) is 20.4. The number of aliphatic hydroxyl groups excluding tert-OH is 1. The highest BCUT2D eigenvalue weighted by Gasteiger charge is 2.23. The van der Waals surface area contributed by atoms with Crippen LogP contribution in [0.2, 0.25) is 10.2 Å². The molecule has 33 heavy (non-hydrogen) atoms. The second-order valence-electron chi connectivity index (χ2n) is 8.49. The fourth-order valence-corrected chi connectivity index (χ4v) is 4.51. The predicted octanol–water partition coefficient (Wildman–Crippen LogP) is 5.33. The molecular weight excluding hydrogens is 463 g/mol. The molecule has 2 N–H and O–H groups in total. The van der Waals surface area contributed by atoms with Gasteiger partial charge in [-0.3, -0.25) is 4.79 Å². The summed E-state index contributed by atoms with van der Waals surface area (Å²) in [7, 11) is 1.93. The van der Waals surface area contributed by atoms with Crippen LogP contribution in [0.5, 0.6) is 0 Å². The molecule has 1 aromatic carbocycles. The second-order valence-corrected chi connectivity index (χ2v) is 9.32. The maximum Gasteiger partial charge on any atom is 0.165 e. The van der Waals surface area contributed by atoms with Gasteiger partial charge in [-0.25, -0.2) is 4.98 Å². The molecule has 1 atom stereocenters. The predicted molar refractivity (Wildman–Crippen MR) is 131 cm³/mol. The van der Waals surface area contributed by atoms with E-state index in [1.54, 1.807) is 12.3 Å². The zero-order valence-electron chi connectivity index (χ0n) is 18.9. The number of pyridine rings is 1. The van der Waals surface area contributed by atoms with Gasteiger partial charge in [0.1, 0.15) is 5.15 Å². The van der Waals surface area contributed by atoms with Gasteiger partial charge in [0.15, 0.2) is 12.1 Å². The van der Waals surface area contributed by atoms with E-state index in [1.165, 1.54) is 0 Å². The van der Waals surface area contributed by atoms with E-state index in [4.69, 9.17) is 27.9 Å². The van der Waals surface area contributed by atoms with Crippen LogP contribution in [-0.4, -0.2) is 38.4 Å². The Kier molecular flexibility index (Phi) is 9.29. The lowest BCUT2D eigenvalue weighted by atomic mass is 9.94. The number of aryl methyl sites for hydroxylation is 1. The molecule has 0 aliphatic heterocycles. The van der Waals surface area contributed by atoms with Crippen molar-refractivity contribution in [3.8, 4) is 0 Å². The molecule has 0 aliphatic rings. The minimum absolute atomic E-state index is 0.0248. The Hall–Kier alpha value is -1.96. The SMILES string of the molecule is C[C@@H](CC(=O)c1c(CCCCOCc2cccc(Cl)c2)n(C)c2cnc(Cl)cc12)CC(O)O. The molecule has 3 aromatic rings. The van der Waals surface area contributed by atoms with E-state index in [0.29, 0.717) is 35.4 Å². The van der Waals surface area contributed by atoms with Crippen molar-refractivity contribution in [2.24, 2.45) is 13.0 Å². The van der Waals surface area contributed by atoms with Gasteiger partial charge >= 0.3 is 0 Å². The zero-order chi connectivity index (χ0) is 24.0. The number of hydrogen-bond donors (Lipinski definition) is 2. The van der Waals surface area contributed by atoms with Crippen molar-refractivity contribution in [3.05, 3.63) is 63.5 Å². The number of aromatic nitrogens is 2. The lowest BCUT2D eigenvalue weighted by molar-refractivity contribution is -0.0543. The third kappa shape index (κ3) is 7.01. The van der Waals surface area contributed by atoms with Crippen molar-refractivity contribution in [2.75, 3.05) is 6.61 Å². The first-order valence-corrected chi connectivity index (χ1v) is 11.9. The first kappa shape index (κ1) is 25.7. The molecule has 0 spiro atoms. The van der Waals surface area contributed by atoms with Gasteiger partial charge in [-0.2, -0.15) is 0 Å². The van der Waals surface area contributed by atoms with Crippen LogP contribution in [0.15, 0.2) is 36.5 Å². The van der Waals surface area contributed by atoms with Gasteiger partial charge in [0.05, 0.1) is 18.3 Å². The summed E-state index contributed by atoms with van der Waals surface area (Å²) in [5.74, 6) is -0.180. The number of hydrogen-bond acceptors (Lipinski definition) is 5.